The number of nitrogens with zero attached hydrogens (tertiary/aromatic N) is 5. The van der Waals surface area contributed by atoms with Crippen LogP contribution in [0.15, 0.2) is 66.9 Å². The van der Waals surface area contributed by atoms with E-state index in [2.05, 4.69) is 62.7 Å². The fourth-order valence-corrected chi connectivity index (χ4v) is 4.08. The Morgan fingerprint density at radius 3 is 2.47 bits per heavy atom. The monoisotopic (exact) mass is 398 g/mol. The molecular weight excluding hydrogens is 372 g/mol. The molecule has 0 unspecified atom stereocenters. The van der Waals surface area contributed by atoms with Crippen molar-refractivity contribution in [2.45, 2.75) is 45.3 Å². The zero-order valence-electron chi connectivity index (χ0n) is 17.0. The molecule has 0 bridgehead atoms. The Balaban J connectivity index is 1.37. The minimum Gasteiger partial charge on any atom is -0.314 e. The Bertz CT molecular complexity index is 1100. The molecule has 2 aromatic carbocycles. The van der Waals surface area contributed by atoms with Gasteiger partial charge in [-0.25, -0.2) is 4.68 Å². The highest BCUT2D eigenvalue weighted by atomic mass is 15.3. The van der Waals surface area contributed by atoms with Crippen LogP contribution in [0.3, 0.4) is 0 Å². The molecule has 6 nitrogen and oxygen atoms in total. The first-order valence-corrected chi connectivity index (χ1v) is 10.7. The van der Waals surface area contributed by atoms with Crippen LogP contribution in [-0.2, 0) is 26.1 Å². The first kappa shape index (κ1) is 18.8. The van der Waals surface area contributed by atoms with Gasteiger partial charge in [0, 0.05) is 36.8 Å². The molecule has 5 rings (SSSR count). The smallest absolute Gasteiger partial charge is 0.147 e. The number of aryl methyl sites for hydroxylation is 1. The van der Waals surface area contributed by atoms with E-state index in [-0.39, 0.29) is 0 Å². The van der Waals surface area contributed by atoms with Crippen molar-refractivity contribution >= 4 is 0 Å². The lowest BCUT2D eigenvalue weighted by Crippen LogP contribution is -2.17. The number of para-hydroxylation sites is 1. The third kappa shape index (κ3) is 3.91. The Morgan fingerprint density at radius 2 is 1.63 bits per heavy atom. The van der Waals surface area contributed by atoms with Crippen molar-refractivity contribution in [3.63, 3.8) is 0 Å². The Kier molecular flexibility index (Phi) is 5.40. The van der Waals surface area contributed by atoms with Gasteiger partial charge in [-0.05, 0) is 25.0 Å². The summed E-state index contributed by atoms with van der Waals surface area (Å²) < 4.78 is 4.26. The van der Waals surface area contributed by atoms with Crippen LogP contribution in [0.2, 0.25) is 0 Å². The number of benzene rings is 2. The van der Waals surface area contributed by atoms with E-state index in [4.69, 9.17) is 5.10 Å². The molecule has 0 atom stereocenters. The lowest BCUT2D eigenvalue weighted by molar-refractivity contribution is 0.572. The van der Waals surface area contributed by atoms with Crippen molar-refractivity contribution in [3.05, 3.63) is 84.1 Å². The molecule has 0 aliphatic carbocycles. The highest BCUT2D eigenvalue weighted by molar-refractivity contribution is 5.63. The summed E-state index contributed by atoms with van der Waals surface area (Å²) in [5, 5.41) is 17.3. The third-order valence-corrected chi connectivity index (χ3v) is 5.64. The van der Waals surface area contributed by atoms with Gasteiger partial charge in [0.1, 0.15) is 11.6 Å². The van der Waals surface area contributed by atoms with Gasteiger partial charge in [-0.15, -0.1) is 10.2 Å². The standard InChI is InChI=1S/C24H26N6/c1-4-10-19(11-5-1)24-20(18-30(28-24)21-12-6-2-7-13-21)16-25-17-23-27-26-22-14-8-3-9-15-29(22)23/h1-2,4-7,10-13,18,25H,3,8-9,14-17H2. The molecular formula is C24H26N6. The van der Waals surface area contributed by atoms with E-state index in [1.54, 1.807) is 0 Å². The van der Waals surface area contributed by atoms with Gasteiger partial charge in [0.2, 0.25) is 0 Å². The topological polar surface area (TPSA) is 60.6 Å². The van der Waals surface area contributed by atoms with Gasteiger partial charge in [-0.1, -0.05) is 55.0 Å². The van der Waals surface area contributed by atoms with E-state index in [0.29, 0.717) is 6.54 Å². The summed E-state index contributed by atoms with van der Waals surface area (Å²) in [6.07, 6.45) is 6.85. The Labute approximate surface area is 176 Å². The van der Waals surface area contributed by atoms with Crippen LogP contribution in [0.25, 0.3) is 16.9 Å². The number of rotatable bonds is 6. The number of aromatic nitrogens is 5. The lowest BCUT2D eigenvalue weighted by Gasteiger charge is -2.08. The second-order valence-corrected chi connectivity index (χ2v) is 7.75. The highest BCUT2D eigenvalue weighted by Crippen LogP contribution is 2.24. The average Bonchev–Trinajstić information content (AvgIpc) is 3.32. The van der Waals surface area contributed by atoms with Gasteiger partial charge in [0.05, 0.1) is 17.9 Å². The number of nitrogens with one attached hydrogen (secondary N) is 1. The summed E-state index contributed by atoms with van der Waals surface area (Å²) >= 11 is 0. The van der Waals surface area contributed by atoms with E-state index in [0.717, 1.165) is 48.1 Å². The van der Waals surface area contributed by atoms with Crippen molar-refractivity contribution in [1.82, 2.24) is 29.9 Å². The van der Waals surface area contributed by atoms with Gasteiger partial charge < -0.3 is 9.88 Å². The summed E-state index contributed by atoms with van der Waals surface area (Å²) in [7, 11) is 0. The van der Waals surface area contributed by atoms with Crippen molar-refractivity contribution in [2.75, 3.05) is 0 Å². The molecule has 152 valence electrons. The molecule has 1 aliphatic rings. The average molecular weight is 399 g/mol. The molecule has 0 amide bonds. The van der Waals surface area contributed by atoms with E-state index in [1.807, 2.05) is 28.9 Å². The minimum absolute atomic E-state index is 0.706. The first-order valence-electron chi connectivity index (χ1n) is 10.7. The van der Waals surface area contributed by atoms with Gasteiger partial charge >= 0.3 is 0 Å². The van der Waals surface area contributed by atoms with Crippen LogP contribution in [0, 0.1) is 0 Å². The fraction of sp³-hybridized carbons (Fsp3) is 0.292. The number of hydrogen-bond donors (Lipinski definition) is 1. The van der Waals surface area contributed by atoms with Crippen molar-refractivity contribution < 1.29 is 0 Å². The van der Waals surface area contributed by atoms with Crippen molar-refractivity contribution in [3.8, 4) is 16.9 Å². The van der Waals surface area contributed by atoms with E-state index >= 15 is 0 Å². The maximum Gasteiger partial charge on any atom is 0.147 e. The van der Waals surface area contributed by atoms with E-state index in [9.17, 15) is 0 Å². The van der Waals surface area contributed by atoms with Gasteiger partial charge in [-0.2, -0.15) is 5.10 Å². The van der Waals surface area contributed by atoms with E-state index < -0.39 is 0 Å². The van der Waals surface area contributed by atoms with Crippen LogP contribution < -0.4 is 5.32 Å². The van der Waals surface area contributed by atoms with Gasteiger partial charge in [0.25, 0.3) is 0 Å². The van der Waals surface area contributed by atoms with E-state index in [1.165, 1.54) is 24.8 Å². The molecule has 6 heteroatoms. The third-order valence-electron chi connectivity index (χ3n) is 5.64. The molecule has 3 heterocycles. The van der Waals surface area contributed by atoms with Crippen molar-refractivity contribution in [1.29, 1.82) is 0 Å². The van der Waals surface area contributed by atoms with Crippen LogP contribution >= 0.6 is 0 Å². The van der Waals surface area contributed by atoms with Gasteiger partial charge in [0.15, 0.2) is 0 Å². The number of hydrogen-bond acceptors (Lipinski definition) is 4. The maximum atomic E-state index is 4.89. The zero-order chi connectivity index (χ0) is 20.2. The van der Waals surface area contributed by atoms with Crippen molar-refractivity contribution in [2.24, 2.45) is 0 Å². The summed E-state index contributed by atoms with van der Waals surface area (Å²) in [4.78, 5) is 0. The summed E-state index contributed by atoms with van der Waals surface area (Å²) in [6, 6.07) is 20.6. The van der Waals surface area contributed by atoms with Crippen LogP contribution in [-0.4, -0.2) is 24.5 Å². The summed E-state index contributed by atoms with van der Waals surface area (Å²) in [5.74, 6) is 2.16. The molecule has 0 fully saturated rings. The second-order valence-electron chi connectivity index (χ2n) is 7.75. The molecule has 0 radical (unpaired) electrons. The SMILES string of the molecule is c1ccc(-c2nn(-c3ccccc3)cc2CNCc2nnc3n2CCCCC3)cc1. The van der Waals surface area contributed by atoms with Crippen LogP contribution in [0.5, 0.6) is 0 Å². The lowest BCUT2D eigenvalue weighted by atomic mass is 10.1. The molecule has 4 aromatic rings. The number of fused-ring (bicyclic) bond motifs is 1. The van der Waals surface area contributed by atoms with Gasteiger partial charge in [-0.3, -0.25) is 0 Å². The Morgan fingerprint density at radius 1 is 0.833 bits per heavy atom. The normalized spacial score (nSPS) is 13.7. The molecule has 2 aromatic heterocycles. The quantitative estimate of drug-likeness (QED) is 0.530. The molecule has 0 spiro atoms. The zero-order valence-corrected chi connectivity index (χ0v) is 17.0. The highest BCUT2D eigenvalue weighted by Gasteiger charge is 2.16. The molecule has 0 saturated heterocycles. The fourth-order valence-electron chi connectivity index (χ4n) is 4.08. The maximum absolute atomic E-state index is 4.89. The predicted molar refractivity (Wildman–Crippen MR) is 117 cm³/mol. The first-order chi connectivity index (χ1) is 14.9. The summed E-state index contributed by atoms with van der Waals surface area (Å²) in [6.45, 7) is 2.46. The molecule has 0 saturated carbocycles. The predicted octanol–water partition coefficient (Wildman–Crippen LogP) is 4.15. The molecule has 1 aliphatic heterocycles. The largest absolute Gasteiger partial charge is 0.314 e. The van der Waals surface area contributed by atoms with Crippen LogP contribution in [0.1, 0.15) is 36.5 Å². The second kappa shape index (κ2) is 8.63. The summed E-state index contributed by atoms with van der Waals surface area (Å²) in [5.41, 5.74) is 4.36. The molecule has 30 heavy (non-hydrogen) atoms. The minimum atomic E-state index is 0.706. The molecule has 1 N–H and O–H groups in total. The Hall–Kier alpha value is -3.25. The van der Waals surface area contributed by atoms with Crippen LogP contribution in [0.4, 0.5) is 0 Å².